The molecule has 1 aliphatic rings. The first-order chi connectivity index (χ1) is 16.5. The van der Waals surface area contributed by atoms with Gasteiger partial charge in [0.15, 0.2) is 11.5 Å². The van der Waals surface area contributed by atoms with Crippen molar-refractivity contribution in [2.24, 2.45) is 0 Å². The van der Waals surface area contributed by atoms with E-state index < -0.39 is 0 Å². The highest BCUT2D eigenvalue weighted by molar-refractivity contribution is 6.30. The summed E-state index contributed by atoms with van der Waals surface area (Å²) in [5.41, 5.74) is 2.72. The number of benzene rings is 3. The van der Waals surface area contributed by atoms with Crippen molar-refractivity contribution in [3.63, 3.8) is 0 Å². The number of urea groups is 1. The molecule has 0 radical (unpaired) electrons. The number of fused-ring (bicyclic) bond motifs is 1. The van der Waals surface area contributed by atoms with Gasteiger partial charge in [0, 0.05) is 17.3 Å². The molecule has 0 unspecified atom stereocenters. The number of anilines is 1. The topological polar surface area (TPSA) is 69.3 Å². The first-order valence-corrected chi connectivity index (χ1v) is 11.2. The van der Waals surface area contributed by atoms with Gasteiger partial charge in [-0.15, -0.1) is 0 Å². The van der Waals surface area contributed by atoms with E-state index in [-0.39, 0.29) is 18.7 Å². The summed E-state index contributed by atoms with van der Waals surface area (Å²) in [4.78, 5) is 15.1. The number of hydrogen-bond acceptors (Lipinski definition) is 5. The van der Waals surface area contributed by atoms with Crippen LogP contribution in [0.25, 0.3) is 0 Å². The zero-order valence-corrected chi connectivity index (χ0v) is 20.1. The minimum atomic E-state index is -0.335. The Balaban J connectivity index is 1.62. The number of ether oxygens (including phenoxy) is 4. The van der Waals surface area contributed by atoms with Crippen LogP contribution in [-0.2, 0) is 6.42 Å². The van der Waals surface area contributed by atoms with Crippen molar-refractivity contribution in [3.8, 4) is 23.0 Å². The van der Waals surface area contributed by atoms with E-state index in [0.29, 0.717) is 40.9 Å². The molecule has 1 aliphatic heterocycles. The number of rotatable bonds is 7. The predicted octanol–water partition coefficient (Wildman–Crippen LogP) is 5.58. The second kappa shape index (κ2) is 10.6. The van der Waals surface area contributed by atoms with Crippen molar-refractivity contribution in [2.45, 2.75) is 12.5 Å². The summed E-state index contributed by atoms with van der Waals surface area (Å²) in [6, 6.07) is 17.7. The fourth-order valence-electron chi connectivity index (χ4n) is 4.03. The summed E-state index contributed by atoms with van der Waals surface area (Å²) in [7, 11) is 4.83. The maximum absolute atomic E-state index is 13.3. The molecule has 1 atom stereocenters. The third kappa shape index (κ3) is 5.15. The van der Waals surface area contributed by atoms with Crippen LogP contribution in [0.2, 0.25) is 5.02 Å². The second-order valence-corrected chi connectivity index (χ2v) is 8.23. The summed E-state index contributed by atoms with van der Waals surface area (Å²) in [6.07, 6.45) is 0.683. The average Bonchev–Trinajstić information content (AvgIpc) is 2.87. The fourth-order valence-corrected chi connectivity index (χ4v) is 4.15. The van der Waals surface area contributed by atoms with Gasteiger partial charge >= 0.3 is 6.03 Å². The number of nitrogens with one attached hydrogen (secondary N) is 1. The fraction of sp³-hybridized carbons (Fsp3) is 0.269. The number of nitrogens with zero attached hydrogens (tertiary/aromatic N) is 1. The Morgan fingerprint density at radius 3 is 2.24 bits per heavy atom. The monoisotopic (exact) mass is 482 g/mol. The molecular formula is C26H27ClN2O5. The lowest BCUT2D eigenvalue weighted by Crippen LogP contribution is -2.44. The first kappa shape index (κ1) is 23.6. The molecule has 34 heavy (non-hydrogen) atoms. The molecule has 0 aliphatic carbocycles. The number of carbonyl (C=O) groups is 1. The molecule has 0 saturated heterocycles. The van der Waals surface area contributed by atoms with Crippen LogP contribution in [0, 0.1) is 0 Å². The predicted molar refractivity (Wildman–Crippen MR) is 132 cm³/mol. The van der Waals surface area contributed by atoms with Gasteiger partial charge in [0.05, 0.1) is 27.4 Å². The Kier molecular flexibility index (Phi) is 7.33. The van der Waals surface area contributed by atoms with E-state index in [2.05, 4.69) is 5.32 Å². The van der Waals surface area contributed by atoms with E-state index >= 15 is 0 Å². The van der Waals surface area contributed by atoms with Gasteiger partial charge < -0.3 is 29.2 Å². The van der Waals surface area contributed by atoms with Crippen molar-refractivity contribution >= 4 is 23.3 Å². The summed E-state index contributed by atoms with van der Waals surface area (Å²) in [6.45, 7) is 0.793. The molecule has 2 amide bonds. The minimum Gasteiger partial charge on any atom is -0.497 e. The standard InChI is InChI=1S/C26H27ClN2O5/c1-31-20-8-10-21(11-9-20)34-16-23-22-15-25(33-3)24(32-2)14-17(22)12-13-29(23)26(30)28-19-6-4-18(27)5-7-19/h4-11,14-15,23H,12-13,16H2,1-3H3,(H,28,30)/t23-/m0/s1. The number of hydrogen-bond donors (Lipinski definition) is 1. The highest BCUT2D eigenvalue weighted by Crippen LogP contribution is 2.38. The number of methoxy groups -OCH3 is 3. The van der Waals surface area contributed by atoms with Crippen LogP contribution in [0.15, 0.2) is 60.7 Å². The van der Waals surface area contributed by atoms with Crippen LogP contribution in [0.4, 0.5) is 10.5 Å². The van der Waals surface area contributed by atoms with Crippen molar-refractivity contribution in [1.82, 2.24) is 4.90 Å². The van der Waals surface area contributed by atoms with E-state index in [1.807, 2.05) is 36.4 Å². The summed E-state index contributed by atoms with van der Waals surface area (Å²) < 4.78 is 22.3. The van der Waals surface area contributed by atoms with E-state index in [9.17, 15) is 4.79 Å². The summed E-state index contributed by atoms with van der Waals surface area (Å²) in [5, 5.41) is 3.57. The largest absolute Gasteiger partial charge is 0.497 e. The zero-order valence-electron chi connectivity index (χ0n) is 19.3. The Morgan fingerprint density at radius 2 is 1.59 bits per heavy atom. The lowest BCUT2D eigenvalue weighted by Gasteiger charge is -2.37. The Morgan fingerprint density at radius 1 is 0.941 bits per heavy atom. The van der Waals surface area contributed by atoms with Crippen LogP contribution in [-0.4, -0.2) is 45.4 Å². The lowest BCUT2D eigenvalue weighted by molar-refractivity contribution is 0.144. The summed E-state index contributed by atoms with van der Waals surface area (Å²) in [5.74, 6) is 2.70. The van der Waals surface area contributed by atoms with Gasteiger partial charge in [-0.05, 0) is 78.2 Å². The van der Waals surface area contributed by atoms with Gasteiger partial charge in [0.1, 0.15) is 18.1 Å². The van der Waals surface area contributed by atoms with E-state index in [1.54, 1.807) is 50.5 Å². The van der Waals surface area contributed by atoms with E-state index in [4.69, 9.17) is 30.5 Å². The highest BCUT2D eigenvalue weighted by Gasteiger charge is 2.33. The Labute approximate surface area is 204 Å². The smallest absolute Gasteiger partial charge is 0.322 e. The molecule has 7 nitrogen and oxygen atoms in total. The molecule has 3 aromatic carbocycles. The molecule has 1 heterocycles. The number of halogens is 1. The van der Waals surface area contributed by atoms with E-state index in [0.717, 1.165) is 16.9 Å². The Bertz CT molecular complexity index is 1140. The molecule has 0 bridgehead atoms. The molecule has 4 rings (SSSR count). The van der Waals surface area contributed by atoms with Gasteiger partial charge in [-0.1, -0.05) is 11.6 Å². The quantitative estimate of drug-likeness (QED) is 0.476. The van der Waals surface area contributed by atoms with Crippen LogP contribution >= 0.6 is 11.6 Å². The van der Waals surface area contributed by atoms with Gasteiger partial charge in [-0.2, -0.15) is 0 Å². The van der Waals surface area contributed by atoms with Gasteiger partial charge in [-0.3, -0.25) is 0 Å². The molecule has 178 valence electrons. The normalized spacial score (nSPS) is 14.7. The van der Waals surface area contributed by atoms with Crippen LogP contribution in [0.3, 0.4) is 0 Å². The average molecular weight is 483 g/mol. The zero-order chi connectivity index (χ0) is 24.1. The van der Waals surface area contributed by atoms with Gasteiger partial charge in [0.2, 0.25) is 0 Å². The number of carbonyl (C=O) groups excluding carboxylic acids is 1. The first-order valence-electron chi connectivity index (χ1n) is 10.9. The Hall–Kier alpha value is -3.58. The third-order valence-electron chi connectivity index (χ3n) is 5.83. The molecule has 3 aromatic rings. The number of amides is 2. The van der Waals surface area contributed by atoms with Crippen molar-refractivity contribution < 1.29 is 23.7 Å². The van der Waals surface area contributed by atoms with E-state index in [1.165, 1.54) is 0 Å². The SMILES string of the molecule is COc1ccc(OC[C@H]2c3cc(OC)c(OC)cc3CCN2C(=O)Nc2ccc(Cl)cc2)cc1. The highest BCUT2D eigenvalue weighted by atomic mass is 35.5. The maximum atomic E-state index is 13.3. The molecule has 0 aromatic heterocycles. The molecule has 0 saturated carbocycles. The minimum absolute atomic E-state index is 0.217. The second-order valence-electron chi connectivity index (χ2n) is 7.79. The third-order valence-corrected chi connectivity index (χ3v) is 6.08. The van der Waals surface area contributed by atoms with Crippen LogP contribution < -0.4 is 24.3 Å². The molecule has 0 spiro atoms. The van der Waals surface area contributed by atoms with Crippen molar-refractivity contribution in [1.29, 1.82) is 0 Å². The molecular weight excluding hydrogens is 456 g/mol. The molecule has 0 fully saturated rings. The van der Waals surface area contributed by atoms with Crippen molar-refractivity contribution in [2.75, 3.05) is 39.8 Å². The molecule has 1 N–H and O–H groups in total. The maximum Gasteiger partial charge on any atom is 0.322 e. The van der Waals surface area contributed by atoms with Crippen molar-refractivity contribution in [3.05, 3.63) is 76.8 Å². The lowest BCUT2D eigenvalue weighted by atomic mass is 9.92. The molecule has 8 heteroatoms. The van der Waals surface area contributed by atoms with Crippen LogP contribution in [0.5, 0.6) is 23.0 Å². The van der Waals surface area contributed by atoms with Gasteiger partial charge in [0.25, 0.3) is 0 Å². The summed E-state index contributed by atoms with van der Waals surface area (Å²) >= 11 is 5.98. The van der Waals surface area contributed by atoms with Gasteiger partial charge in [-0.25, -0.2) is 4.79 Å². The van der Waals surface area contributed by atoms with Crippen LogP contribution in [0.1, 0.15) is 17.2 Å².